The highest BCUT2D eigenvalue weighted by atomic mass is 16.7. The van der Waals surface area contributed by atoms with Crippen LogP contribution in [-0.2, 0) is 11.3 Å². The third-order valence-corrected chi connectivity index (χ3v) is 4.18. The molecule has 1 heterocycles. The average molecular weight is 409 g/mol. The maximum Gasteiger partial charge on any atom is 0.263 e. The van der Waals surface area contributed by atoms with E-state index in [4.69, 9.17) is 18.9 Å². The fourth-order valence-electron chi connectivity index (χ4n) is 2.77. The van der Waals surface area contributed by atoms with Crippen molar-refractivity contribution in [2.24, 2.45) is 0 Å². The normalized spacial score (nSPS) is 12.1. The van der Waals surface area contributed by atoms with Crippen molar-refractivity contribution in [1.82, 2.24) is 5.32 Å². The number of benzene rings is 2. The first kappa shape index (κ1) is 20.9. The van der Waals surface area contributed by atoms with Crippen LogP contribution in [0.25, 0.3) is 0 Å². The van der Waals surface area contributed by atoms with Gasteiger partial charge in [0.15, 0.2) is 23.0 Å². The highest BCUT2D eigenvalue weighted by molar-refractivity contribution is 5.97. The zero-order valence-corrected chi connectivity index (χ0v) is 16.9. The van der Waals surface area contributed by atoms with Crippen LogP contribution in [-0.4, -0.2) is 25.9 Å². The average Bonchev–Trinajstić information content (AvgIpc) is 3.22. The van der Waals surface area contributed by atoms with E-state index in [0.717, 1.165) is 5.56 Å². The topological polar surface area (TPSA) is 102 Å². The molecule has 8 heteroatoms. The summed E-state index contributed by atoms with van der Waals surface area (Å²) >= 11 is 0. The molecular formula is C22H23N3O5. The van der Waals surface area contributed by atoms with Gasteiger partial charge in [-0.25, -0.2) is 0 Å². The van der Waals surface area contributed by atoms with Crippen molar-refractivity contribution < 1.29 is 23.7 Å². The number of nitrogens with zero attached hydrogens (tertiary/aromatic N) is 1. The van der Waals surface area contributed by atoms with E-state index in [1.165, 1.54) is 6.20 Å². The Hall–Kier alpha value is -3.86. The number of nitriles is 1. The molecule has 156 valence electrons. The summed E-state index contributed by atoms with van der Waals surface area (Å²) in [7, 11) is 0. The van der Waals surface area contributed by atoms with Crippen molar-refractivity contribution in [1.29, 1.82) is 5.26 Å². The van der Waals surface area contributed by atoms with Gasteiger partial charge in [-0.1, -0.05) is 6.07 Å². The van der Waals surface area contributed by atoms with E-state index in [9.17, 15) is 10.1 Å². The van der Waals surface area contributed by atoms with Gasteiger partial charge >= 0.3 is 0 Å². The third kappa shape index (κ3) is 5.14. The van der Waals surface area contributed by atoms with Crippen molar-refractivity contribution in [3.05, 3.63) is 53.7 Å². The van der Waals surface area contributed by atoms with E-state index in [1.54, 1.807) is 30.3 Å². The van der Waals surface area contributed by atoms with Crippen LogP contribution in [0.15, 0.2) is 48.2 Å². The summed E-state index contributed by atoms with van der Waals surface area (Å²) in [5.41, 5.74) is 1.45. The Kier molecular flexibility index (Phi) is 7.00. The van der Waals surface area contributed by atoms with Gasteiger partial charge in [-0.3, -0.25) is 4.79 Å². The molecule has 0 fully saturated rings. The molecule has 2 aromatic carbocycles. The molecule has 1 aliphatic rings. The lowest BCUT2D eigenvalue weighted by atomic mass is 10.2. The second kappa shape index (κ2) is 10.1. The highest BCUT2D eigenvalue weighted by Crippen LogP contribution is 2.32. The summed E-state index contributed by atoms with van der Waals surface area (Å²) in [5, 5.41) is 15.0. The molecule has 0 aromatic heterocycles. The second-order valence-corrected chi connectivity index (χ2v) is 6.21. The summed E-state index contributed by atoms with van der Waals surface area (Å²) in [4.78, 5) is 12.4. The first-order valence-corrected chi connectivity index (χ1v) is 9.57. The highest BCUT2D eigenvalue weighted by Gasteiger charge is 2.14. The number of fused-ring (bicyclic) bond motifs is 1. The van der Waals surface area contributed by atoms with Crippen molar-refractivity contribution in [2.45, 2.75) is 20.4 Å². The molecule has 1 aliphatic heterocycles. The van der Waals surface area contributed by atoms with Crippen LogP contribution in [0.5, 0.6) is 23.0 Å². The van der Waals surface area contributed by atoms with Crippen molar-refractivity contribution >= 4 is 11.6 Å². The molecule has 2 aromatic rings. The van der Waals surface area contributed by atoms with E-state index >= 15 is 0 Å². The van der Waals surface area contributed by atoms with Crippen LogP contribution >= 0.6 is 0 Å². The summed E-state index contributed by atoms with van der Waals surface area (Å²) in [6.07, 6.45) is 1.36. The fourth-order valence-corrected chi connectivity index (χ4v) is 2.77. The Bertz CT molecular complexity index is 981. The molecule has 0 atom stereocenters. The van der Waals surface area contributed by atoms with Crippen molar-refractivity contribution in [2.75, 3.05) is 25.3 Å². The maximum absolute atomic E-state index is 12.4. The van der Waals surface area contributed by atoms with Gasteiger partial charge in [-0.15, -0.1) is 0 Å². The molecule has 0 aliphatic carbocycles. The van der Waals surface area contributed by atoms with Gasteiger partial charge in [0.05, 0.1) is 13.2 Å². The molecule has 8 nitrogen and oxygen atoms in total. The number of anilines is 1. The Labute approximate surface area is 175 Å². The van der Waals surface area contributed by atoms with Crippen LogP contribution in [0, 0.1) is 11.3 Å². The summed E-state index contributed by atoms with van der Waals surface area (Å²) in [6.45, 7) is 5.24. The number of nitrogens with one attached hydrogen (secondary N) is 2. The van der Waals surface area contributed by atoms with Gasteiger partial charge < -0.3 is 29.6 Å². The summed E-state index contributed by atoms with van der Waals surface area (Å²) in [5.74, 6) is 2.05. The molecular weight excluding hydrogens is 386 g/mol. The first-order chi connectivity index (χ1) is 14.6. The smallest absolute Gasteiger partial charge is 0.263 e. The molecule has 30 heavy (non-hydrogen) atoms. The van der Waals surface area contributed by atoms with Crippen LogP contribution in [0.3, 0.4) is 0 Å². The zero-order valence-electron chi connectivity index (χ0n) is 16.9. The standard InChI is InChI=1S/C22H23N3O5/c1-3-27-18-8-6-17(10-21(18)28-4-2)24-13-16(11-23)22(26)25-12-15-5-7-19-20(9-15)30-14-29-19/h5-10,13,24H,3-4,12,14H2,1-2H3,(H,25,26)/b16-13-. The van der Waals surface area contributed by atoms with Crippen LogP contribution in [0.2, 0.25) is 0 Å². The molecule has 2 N–H and O–H groups in total. The van der Waals surface area contributed by atoms with Gasteiger partial charge in [0, 0.05) is 24.5 Å². The predicted molar refractivity (Wildman–Crippen MR) is 111 cm³/mol. The molecule has 0 saturated heterocycles. The van der Waals surface area contributed by atoms with Crippen molar-refractivity contribution in [3.63, 3.8) is 0 Å². The Morgan fingerprint density at radius 2 is 1.87 bits per heavy atom. The SMILES string of the molecule is CCOc1ccc(N/C=C(/C#N)C(=O)NCc2ccc3c(c2)OCO3)cc1OCC. The predicted octanol–water partition coefficient (Wildman–Crippen LogP) is 3.35. The number of carbonyl (C=O) groups excluding carboxylic acids is 1. The minimum absolute atomic E-state index is 0.0532. The number of hydrogen-bond acceptors (Lipinski definition) is 7. The molecule has 0 spiro atoms. The van der Waals surface area contributed by atoms with Gasteiger partial charge in [0.1, 0.15) is 11.6 Å². The Balaban J connectivity index is 1.62. The zero-order chi connectivity index (χ0) is 21.3. The largest absolute Gasteiger partial charge is 0.490 e. The second-order valence-electron chi connectivity index (χ2n) is 6.21. The quantitative estimate of drug-likeness (QED) is 0.484. The number of amides is 1. The lowest BCUT2D eigenvalue weighted by Crippen LogP contribution is -2.24. The third-order valence-electron chi connectivity index (χ3n) is 4.18. The minimum atomic E-state index is -0.487. The van der Waals surface area contributed by atoms with E-state index in [2.05, 4.69) is 10.6 Å². The Morgan fingerprint density at radius 1 is 1.10 bits per heavy atom. The number of ether oxygens (including phenoxy) is 4. The van der Waals surface area contributed by atoms with Crippen LogP contribution in [0.4, 0.5) is 5.69 Å². The van der Waals surface area contributed by atoms with E-state index in [0.29, 0.717) is 41.9 Å². The minimum Gasteiger partial charge on any atom is -0.490 e. The molecule has 0 unspecified atom stereocenters. The lowest BCUT2D eigenvalue weighted by molar-refractivity contribution is -0.117. The maximum atomic E-state index is 12.4. The molecule has 1 amide bonds. The fraction of sp³-hybridized carbons (Fsp3) is 0.273. The summed E-state index contributed by atoms with van der Waals surface area (Å²) in [6, 6.07) is 12.6. The molecule has 0 bridgehead atoms. The van der Waals surface area contributed by atoms with E-state index in [-0.39, 0.29) is 18.9 Å². The molecule has 3 rings (SSSR count). The van der Waals surface area contributed by atoms with Gasteiger partial charge in [-0.05, 0) is 43.7 Å². The van der Waals surface area contributed by atoms with Crippen LogP contribution in [0.1, 0.15) is 19.4 Å². The van der Waals surface area contributed by atoms with E-state index in [1.807, 2.05) is 26.0 Å². The molecule has 0 saturated carbocycles. The first-order valence-electron chi connectivity index (χ1n) is 9.57. The Morgan fingerprint density at radius 3 is 2.63 bits per heavy atom. The summed E-state index contributed by atoms with van der Waals surface area (Å²) < 4.78 is 21.7. The van der Waals surface area contributed by atoms with Gasteiger partial charge in [-0.2, -0.15) is 5.26 Å². The number of hydrogen-bond donors (Lipinski definition) is 2. The number of rotatable bonds is 9. The van der Waals surface area contributed by atoms with Crippen molar-refractivity contribution in [3.8, 4) is 29.1 Å². The van der Waals surface area contributed by atoms with Gasteiger partial charge in [0.25, 0.3) is 5.91 Å². The van der Waals surface area contributed by atoms with Crippen LogP contribution < -0.4 is 29.6 Å². The van der Waals surface area contributed by atoms with E-state index < -0.39 is 5.91 Å². The lowest BCUT2D eigenvalue weighted by Gasteiger charge is -2.12. The monoisotopic (exact) mass is 409 g/mol. The molecule has 0 radical (unpaired) electrons. The van der Waals surface area contributed by atoms with Gasteiger partial charge in [0.2, 0.25) is 6.79 Å². The number of carbonyl (C=O) groups is 1.